The molecule has 2 atom stereocenters. The average Bonchev–Trinajstić information content (AvgIpc) is 3.33. The average molecular weight is 494 g/mol. The molecule has 3 aromatic rings. The number of methoxy groups -OCH3 is 1. The predicted molar refractivity (Wildman–Crippen MR) is 123 cm³/mol. The highest BCUT2D eigenvalue weighted by atomic mass is 19.4. The summed E-state index contributed by atoms with van der Waals surface area (Å²) in [6.07, 6.45) is -3.30. The zero-order chi connectivity index (χ0) is 25.3. The van der Waals surface area contributed by atoms with Crippen LogP contribution in [0.2, 0.25) is 0 Å². The van der Waals surface area contributed by atoms with E-state index in [0.29, 0.717) is 46.7 Å². The topological polar surface area (TPSA) is 91.5 Å². The van der Waals surface area contributed by atoms with Crippen molar-refractivity contribution in [1.82, 2.24) is 9.97 Å². The molecule has 7 nitrogen and oxygen atoms in total. The molecule has 0 amide bonds. The van der Waals surface area contributed by atoms with Crippen LogP contribution in [-0.4, -0.2) is 35.9 Å². The van der Waals surface area contributed by atoms with E-state index < -0.39 is 17.6 Å². The summed E-state index contributed by atoms with van der Waals surface area (Å²) in [5.74, 6) is 0.231. The predicted octanol–water partition coefficient (Wildman–Crippen LogP) is 5.25. The van der Waals surface area contributed by atoms with E-state index >= 15 is 0 Å². The monoisotopic (exact) mass is 494 g/mol. The third-order valence-corrected chi connectivity index (χ3v) is 5.82. The minimum Gasteiger partial charge on any atom is -0.493 e. The maximum atomic E-state index is 14.6. The number of fused-ring (bicyclic) bond motifs is 1. The van der Waals surface area contributed by atoms with E-state index in [4.69, 9.17) is 19.9 Å². The molecule has 1 aromatic heterocycles. The minimum absolute atomic E-state index is 0.0448. The SMILES string of the molecule is COc1cc2nc(C)nc(NCc3cc(N)cc(C(F)(F)F)c3F)c2cc1OC(C)C1CCCO1. The van der Waals surface area contributed by atoms with Crippen LogP contribution in [0.1, 0.15) is 36.7 Å². The number of ether oxygens (including phenoxy) is 3. The summed E-state index contributed by atoms with van der Waals surface area (Å²) in [6, 6.07) is 5.12. The van der Waals surface area contributed by atoms with E-state index in [1.807, 2.05) is 6.92 Å². The van der Waals surface area contributed by atoms with Crippen molar-refractivity contribution >= 4 is 22.4 Å². The Hall–Kier alpha value is -3.34. The molecule has 0 saturated carbocycles. The molecule has 188 valence electrons. The largest absolute Gasteiger partial charge is 0.493 e. The number of aryl methyl sites for hydroxylation is 1. The molecule has 2 unspecified atom stereocenters. The maximum Gasteiger partial charge on any atom is 0.419 e. The molecule has 0 bridgehead atoms. The van der Waals surface area contributed by atoms with E-state index in [-0.39, 0.29) is 30.0 Å². The lowest BCUT2D eigenvalue weighted by molar-refractivity contribution is -0.140. The molecule has 2 aromatic carbocycles. The van der Waals surface area contributed by atoms with Gasteiger partial charge in [0.2, 0.25) is 0 Å². The van der Waals surface area contributed by atoms with Crippen molar-refractivity contribution in [2.24, 2.45) is 0 Å². The number of hydrogen-bond acceptors (Lipinski definition) is 7. The summed E-state index contributed by atoms with van der Waals surface area (Å²) in [5, 5.41) is 3.46. The van der Waals surface area contributed by atoms with E-state index in [9.17, 15) is 17.6 Å². The Kier molecular flexibility index (Phi) is 6.88. The van der Waals surface area contributed by atoms with Crippen molar-refractivity contribution in [3.05, 3.63) is 47.0 Å². The minimum atomic E-state index is -4.87. The van der Waals surface area contributed by atoms with Gasteiger partial charge >= 0.3 is 6.18 Å². The lowest BCUT2D eigenvalue weighted by atomic mass is 10.1. The first-order valence-electron chi connectivity index (χ1n) is 11.1. The Morgan fingerprint density at radius 2 is 1.97 bits per heavy atom. The number of nitrogens with zero attached hydrogens (tertiary/aromatic N) is 2. The van der Waals surface area contributed by atoms with Crippen LogP contribution < -0.4 is 20.5 Å². The van der Waals surface area contributed by atoms with Crippen LogP contribution in [0.15, 0.2) is 24.3 Å². The van der Waals surface area contributed by atoms with E-state index in [1.54, 1.807) is 19.1 Å². The fourth-order valence-electron chi connectivity index (χ4n) is 4.11. The molecule has 0 spiro atoms. The number of halogens is 4. The molecule has 3 N–H and O–H groups in total. The highest BCUT2D eigenvalue weighted by Gasteiger charge is 2.35. The number of nitrogens with one attached hydrogen (secondary N) is 1. The van der Waals surface area contributed by atoms with Crippen molar-refractivity contribution in [3.63, 3.8) is 0 Å². The van der Waals surface area contributed by atoms with Gasteiger partial charge in [0.15, 0.2) is 11.5 Å². The van der Waals surface area contributed by atoms with Gasteiger partial charge < -0.3 is 25.3 Å². The zero-order valence-corrected chi connectivity index (χ0v) is 19.5. The van der Waals surface area contributed by atoms with Crippen LogP contribution in [0, 0.1) is 12.7 Å². The molecule has 0 aliphatic carbocycles. The van der Waals surface area contributed by atoms with Gasteiger partial charge in [-0.25, -0.2) is 14.4 Å². The van der Waals surface area contributed by atoms with Gasteiger partial charge in [0.05, 0.1) is 24.3 Å². The van der Waals surface area contributed by atoms with E-state index in [0.717, 1.165) is 18.9 Å². The van der Waals surface area contributed by atoms with Crippen molar-refractivity contribution in [2.75, 3.05) is 24.8 Å². The molecule has 2 heterocycles. The summed E-state index contributed by atoms with van der Waals surface area (Å²) in [4.78, 5) is 8.80. The molecule has 1 fully saturated rings. The first-order chi connectivity index (χ1) is 16.6. The molecule has 0 radical (unpaired) electrons. The first kappa shape index (κ1) is 24.8. The second-order valence-corrected chi connectivity index (χ2v) is 8.41. The van der Waals surface area contributed by atoms with Crippen LogP contribution in [0.4, 0.5) is 29.1 Å². The van der Waals surface area contributed by atoms with Gasteiger partial charge in [-0.15, -0.1) is 0 Å². The third-order valence-electron chi connectivity index (χ3n) is 5.82. The Morgan fingerprint density at radius 1 is 1.20 bits per heavy atom. The van der Waals surface area contributed by atoms with Gasteiger partial charge in [0, 0.05) is 35.9 Å². The summed E-state index contributed by atoms with van der Waals surface area (Å²) in [7, 11) is 1.51. The second-order valence-electron chi connectivity index (χ2n) is 8.41. The van der Waals surface area contributed by atoms with Crippen molar-refractivity contribution in [3.8, 4) is 11.5 Å². The van der Waals surface area contributed by atoms with Crippen molar-refractivity contribution in [1.29, 1.82) is 0 Å². The van der Waals surface area contributed by atoms with E-state index in [2.05, 4.69) is 15.3 Å². The lowest BCUT2D eigenvalue weighted by Crippen LogP contribution is -2.28. The summed E-state index contributed by atoms with van der Waals surface area (Å²) >= 11 is 0. The molecule has 1 saturated heterocycles. The molecular weight excluding hydrogens is 468 g/mol. The van der Waals surface area contributed by atoms with Gasteiger partial charge in [0.1, 0.15) is 23.6 Å². The number of anilines is 2. The Labute approximate surface area is 199 Å². The molecule has 1 aliphatic rings. The number of nitrogen functional groups attached to an aromatic ring is 1. The third kappa shape index (κ3) is 5.34. The summed E-state index contributed by atoms with van der Waals surface area (Å²) in [5.41, 5.74) is 4.28. The van der Waals surface area contributed by atoms with Gasteiger partial charge in [0.25, 0.3) is 0 Å². The zero-order valence-electron chi connectivity index (χ0n) is 19.5. The van der Waals surface area contributed by atoms with Gasteiger partial charge in [-0.3, -0.25) is 0 Å². The quantitative estimate of drug-likeness (QED) is 0.343. The van der Waals surface area contributed by atoms with Crippen LogP contribution in [0.5, 0.6) is 11.5 Å². The van der Waals surface area contributed by atoms with Crippen LogP contribution in [-0.2, 0) is 17.5 Å². The van der Waals surface area contributed by atoms with Gasteiger partial charge in [-0.1, -0.05) is 0 Å². The Morgan fingerprint density at radius 3 is 2.63 bits per heavy atom. The van der Waals surface area contributed by atoms with Crippen LogP contribution >= 0.6 is 0 Å². The Bertz CT molecular complexity index is 1230. The number of nitrogens with two attached hydrogens (primary N) is 1. The number of benzene rings is 2. The molecule has 4 rings (SSSR count). The summed E-state index contributed by atoms with van der Waals surface area (Å²) < 4.78 is 71.5. The summed E-state index contributed by atoms with van der Waals surface area (Å²) in [6.45, 7) is 3.99. The van der Waals surface area contributed by atoms with Gasteiger partial charge in [-0.05, 0) is 44.9 Å². The highest BCUT2D eigenvalue weighted by Crippen LogP contribution is 2.37. The standard InChI is InChI=1S/C24H26F4N4O3/c1-12(19-5-4-6-34-19)35-21-9-16-18(10-20(21)33-3)31-13(2)32-23(16)30-11-14-7-15(29)8-17(22(14)25)24(26,27)28/h7-10,12,19H,4-6,11,29H2,1-3H3,(H,30,31,32). The fraction of sp³-hybridized carbons (Fsp3) is 0.417. The normalized spacial score (nSPS) is 16.9. The second kappa shape index (κ2) is 9.73. The lowest BCUT2D eigenvalue weighted by Gasteiger charge is -2.22. The highest BCUT2D eigenvalue weighted by molar-refractivity contribution is 5.91. The maximum absolute atomic E-state index is 14.6. The van der Waals surface area contributed by atoms with Crippen molar-refractivity contribution < 1.29 is 31.8 Å². The molecule has 1 aliphatic heterocycles. The van der Waals surface area contributed by atoms with Crippen molar-refractivity contribution in [2.45, 2.75) is 51.6 Å². The number of rotatable bonds is 7. The van der Waals surface area contributed by atoms with Gasteiger partial charge in [-0.2, -0.15) is 13.2 Å². The molecule has 35 heavy (non-hydrogen) atoms. The smallest absolute Gasteiger partial charge is 0.419 e. The van der Waals surface area contributed by atoms with Crippen LogP contribution in [0.3, 0.4) is 0 Å². The fourth-order valence-corrected chi connectivity index (χ4v) is 4.11. The number of aromatic nitrogens is 2. The molecule has 11 heteroatoms. The van der Waals surface area contributed by atoms with E-state index in [1.165, 1.54) is 7.11 Å². The Balaban J connectivity index is 1.68. The molecular formula is C24H26F4N4O3. The number of hydrogen-bond donors (Lipinski definition) is 2. The first-order valence-corrected chi connectivity index (χ1v) is 11.1. The number of alkyl halides is 3. The van der Waals surface area contributed by atoms with Crippen LogP contribution in [0.25, 0.3) is 10.9 Å².